The lowest BCUT2D eigenvalue weighted by molar-refractivity contribution is -0.130. The van der Waals surface area contributed by atoms with Crippen molar-refractivity contribution >= 4 is 5.91 Å². The summed E-state index contributed by atoms with van der Waals surface area (Å²) in [5.41, 5.74) is 2.73. The molecule has 4 nitrogen and oxygen atoms in total. The summed E-state index contributed by atoms with van der Waals surface area (Å²) in [6.07, 6.45) is 3.09. The van der Waals surface area contributed by atoms with Gasteiger partial charge in [-0.2, -0.15) is 0 Å². The van der Waals surface area contributed by atoms with Crippen LogP contribution in [-0.2, 0) is 17.6 Å². The Hall–Kier alpha value is -1.55. The standard InChI is InChI=1S/C16H24N2O2/c1-11(16(19)18(2)3)17-14-7-5-12-6-8-15(20-4)10-13(12)9-14/h6,8,10-11,14,17H,5,7,9H2,1-4H3. The second kappa shape index (κ2) is 6.27. The van der Waals surface area contributed by atoms with Gasteiger partial charge in [-0.1, -0.05) is 6.07 Å². The first-order valence-electron chi connectivity index (χ1n) is 7.14. The molecule has 0 spiro atoms. The molecule has 0 saturated heterocycles. The van der Waals surface area contributed by atoms with Crippen molar-refractivity contribution in [3.8, 4) is 5.75 Å². The van der Waals surface area contributed by atoms with Gasteiger partial charge in [-0.15, -0.1) is 0 Å². The first kappa shape index (κ1) is 14.9. The largest absolute Gasteiger partial charge is 0.497 e. The maximum atomic E-state index is 11.9. The molecule has 1 aromatic rings. The molecule has 0 heterocycles. The van der Waals surface area contributed by atoms with Crippen LogP contribution in [0.15, 0.2) is 18.2 Å². The molecule has 0 radical (unpaired) electrons. The first-order chi connectivity index (χ1) is 9.51. The number of methoxy groups -OCH3 is 1. The van der Waals surface area contributed by atoms with E-state index in [-0.39, 0.29) is 11.9 Å². The number of carbonyl (C=O) groups is 1. The van der Waals surface area contributed by atoms with Crippen LogP contribution < -0.4 is 10.1 Å². The Bertz CT molecular complexity index is 485. The molecule has 1 aromatic carbocycles. The molecule has 1 aliphatic carbocycles. The summed E-state index contributed by atoms with van der Waals surface area (Å²) in [5.74, 6) is 1.03. The average molecular weight is 276 g/mol. The summed E-state index contributed by atoms with van der Waals surface area (Å²) in [6.45, 7) is 1.93. The number of nitrogens with zero attached hydrogens (tertiary/aromatic N) is 1. The fourth-order valence-corrected chi connectivity index (χ4v) is 2.81. The number of rotatable bonds is 4. The molecule has 0 saturated carbocycles. The maximum absolute atomic E-state index is 11.9. The summed E-state index contributed by atoms with van der Waals surface area (Å²) in [7, 11) is 5.28. The van der Waals surface area contributed by atoms with Gasteiger partial charge in [0.2, 0.25) is 5.91 Å². The van der Waals surface area contributed by atoms with Gasteiger partial charge in [0.25, 0.3) is 0 Å². The van der Waals surface area contributed by atoms with E-state index in [4.69, 9.17) is 4.74 Å². The van der Waals surface area contributed by atoms with Crippen LogP contribution in [0.5, 0.6) is 5.75 Å². The lowest BCUT2D eigenvalue weighted by Gasteiger charge is -2.29. The molecular formula is C16H24N2O2. The van der Waals surface area contributed by atoms with Gasteiger partial charge in [-0.25, -0.2) is 0 Å². The van der Waals surface area contributed by atoms with Crippen molar-refractivity contribution in [3.05, 3.63) is 29.3 Å². The zero-order valence-electron chi connectivity index (χ0n) is 12.8. The summed E-state index contributed by atoms with van der Waals surface area (Å²) < 4.78 is 5.29. The second-order valence-electron chi connectivity index (χ2n) is 5.70. The normalized spacial score (nSPS) is 19.1. The number of aryl methyl sites for hydroxylation is 1. The molecule has 0 bridgehead atoms. The third-order valence-electron chi connectivity index (χ3n) is 3.94. The van der Waals surface area contributed by atoms with E-state index >= 15 is 0 Å². The van der Waals surface area contributed by atoms with Crippen molar-refractivity contribution in [3.63, 3.8) is 0 Å². The summed E-state index contributed by atoms with van der Waals surface area (Å²) in [4.78, 5) is 13.5. The van der Waals surface area contributed by atoms with Crippen molar-refractivity contribution in [2.75, 3.05) is 21.2 Å². The van der Waals surface area contributed by atoms with Gasteiger partial charge in [-0.3, -0.25) is 4.79 Å². The lowest BCUT2D eigenvalue weighted by Crippen LogP contribution is -2.47. The minimum Gasteiger partial charge on any atom is -0.497 e. The highest BCUT2D eigenvalue weighted by atomic mass is 16.5. The molecule has 2 rings (SSSR count). The van der Waals surface area contributed by atoms with E-state index < -0.39 is 0 Å². The molecule has 1 amide bonds. The predicted molar refractivity (Wildman–Crippen MR) is 80.1 cm³/mol. The van der Waals surface area contributed by atoms with Crippen LogP contribution >= 0.6 is 0 Å². The summed E-state index contributed by atoms with van der Waals surface area (Å²) >= 11 is 0. The number of carbonyl (C=O) groups excluding carboxylic acids is 1. The van der Waals surface area contributed by atoms with Crippen LogP contribution in [0.4, 0.5) is 0 Å². The van der Waals surface area contributed by atoms with Crippen LogP contribution in [0.2, 0.25) is 0 Å². The minimum absolute atomic E-state index is 0.126. The van der Waals surface area contributed by atoms with E-state index in [2.05, 4.69) is 17.4 Å². The average Bonchev–Trinajstić information content (AvgIpc) is 2.45. The highest BCUT2D eigenvalue weighted by Crippen LogP contribution is 2.25. The molecule has 110 valence electrons. The van der Waals surface area contributed by atoms with E-state index in [0.29, 0.717) is 6.04 Å². The Labute approximate surface area is 121 Å². The van der Waals surface area contributed by atoms with Gasteiger partial charge in [-0.05, 0) is 49.4 Å². The number of ether oxygens (including phenoxy) is 1. The fraction of sp³-hybridized carbons (Fsp3) is 0.562. The molecule has 0 aromatic heterocycles. The van der Waals surface area contributed by atoms with E-state index in [9.17, 15) is 4.79 Å². The molecule has 20 heavy (non-hydrogen) atoms. The molecule has 1 aliphatic rings. The summed E-state index contributed by atoms with van der Waals surface area (Å²) in [6, 6.07) is 6.50. The molecular weight excluding hydrogens is 252 g/mol. The Morgan fingerprint density at radius 3 is 2.80 bits per heavy atom. The predicted octanol–water partition coefficient (Wildman–Crippen LogP) is 1.62. The molecule has 0 aliphatic heterocycles. The quantitative estimate of drug-likeness (QED) is 0.908. The van der Waals surface area contributed by atoms with Crippen LogP contribution in [0.3, 0.4) is 0 Å². The van der Waals surface area contributed by atoms with Crippen molar-refractivity contribution in [1.82, 2.24) is 10.2 Å². The summed E-state index contributed by atoms with van der Waals surface area (Å²) in [5, 5.41) is 3.45. The number of amides is 1. The second-order valence-corrected chi connectivity index (χ2v) is 5.70. The zero-order valence-corrected chi connectivity index (χ0v) is 12.8. The SMILES string of the molecule is COc1ccc2c(c1)CC(NC(C)C(=O)N(C)C)CC2. The highest BCUT2D eigenvalue weighted by molar-refractivity contribution is 5.80. The maximum Gasteiger partial charge on any atom is 0.238 e. The Kier molecular flexibility index (Phi) is 4.65. The highest BCUT2D eigenvalue weighted by Gasteiger charge is 2.23. The monoisotopic (exact) mass is 276 g/mol. The van der Waals surface area contributed by atoms with Gasteiger partial charge in [0, 0.05) is 20.1 Å². The van der Waals surface area contributed by atoms with Crippen LogP contribution in [0.25, 0.3) is 0 Å². The number of nitrogens with one attached hydrogen (secondary N) is 1. The van der Waals surface area contributed by atoms with Crippen LogP contribution in [0.1, 0.15) is 24.5 Å². The van der Waals surface area contributed by atoms with Crippen molar-refractivity contribution < 1.29 is 9.53 Å². The smallest absolute Gasteiger partial charge is 0.238 e. The van der Waals surface area contributed by atoms with E-state index in [1.54, 1.807) is 26.1 Å². The van der Waals surface area contributed by atoms with Gasteiger partial charge in [0.05, 0.1) is 13.2 Å². The molecule has 4 heteroatoms. The van der Waals surface area contributed by atoms with E-state index in [0.717, 1.165) is 25.0 Å². The van der Waals surface area contributed by atoms with Crippen molar-refractivity contribution in [2.45, 2.75) is 38.3 Å². The van der Waals surface area contributed by atoms with Gasteiger partial charge in [0.1, 0.15) is 5.75 Å². The number of hydrogen-bond donors (Lipinski definition) is 1. The van der Waals surface area contributed by atoms with Gasteiger partial charge >= 0.3 is 0 Å². The Morgan fingerprint density at radius 2 is 2.15 bits per heavy atom. The number of benzene rings is 1. The number of likely N-dealkylation sites (N-methyl/N-ethyl adjacent to an activating group) is 1. The van der Waals surface area contributed by atoms with Crippen LogP contribution in [0, 0.1) is 0 Å². The van der Waals surface area contributed by atoms with E-state index in [1.807, 2.05) is 13.0 Å². The van der Waals surface area contributed by atoms with Gasteiger partial charge in [0.15, 0.2) is 0 Å². The van der Waals surface area contributed by atoms with Crippen molar-refractivity contribution in [1.29, 1.82) is 0 Å². The fourth-order valence-electron chi connectivity index (χ4n) is 2.81. The zero-order chi connectivity index (χ0) is 14.7. The topological polar surface area (TPSA) is 41.6 Å². The Balaban J connectivity index is 2.01. The molecule has 1 N–H and O–H groups in total. The van der Waals surface area contributed by atoms with E-state index in [1.165, 1.54) is 11.1 Å². The lowest BCUT2D eigenvalue weighted by atomic mass is 9.88. The van der Waals surface area contributed by atoms with Gasteiger partial charge < -0.3 is 15.0 Å². The molecule has 2 atom stereocenters. The van der Waals surface area contributed by atoms with Crippen molar-refractivity contribution in [2.24, 2.45) is 0 Å². The number of hydrogen-bond acceptors (Lipinski definition) is 3. The minimum atomic E-state index is -0.137. The van der Waals surface area contributed by atoms with Crippen LogP contribution in [-0.4, -0.2) is 44.1 Å². The molecule has 0 fully saturated rings. The third-order valence-corrected chi connectivity index (χ3v) is 3.94. The first-order valence-corrected chi connectivity index (χ1v) is 7.14. The number of fused-ring (bicyclic) bond motifs is 1. The Morgan fingerprint density at radius 1 is 1.40 bits per heavy atom. The molecule has 2 unspecified atom stereocenters. The third kappa shape index (κ3) is 3.31.